The molecule has 5 heteroatoms. The number of piperidine rings is 1. The second kappa shape index (κ2) is 4.05. The molecular weight excluding hydrogens is 210 g/mol. The van der Waals surface area contributed by atoms with Crippen LogP contribution in [0.25, 0.3) is 0 Å². The Bertz CT molecular complexity index is 317. The molecule has 0 aromatic rings. The van der Waals surface area contributed by atoms with Crippen molar-refractivity contribution in [3.63, 3.8) is 0 Å². The van der Waals surface area contributed by atoms with Gasteiger partial charge in [-0.2, -0.15) is 0 Å². The Morgan fingerprint density at radius 2 is 2.00 bits per heavy atom. The lowest BCUT2D eigenvalue weighted by atomic mass is 9.96. The van der Waals surface area contributed by atoms with Gasteiger partial charge < -0.3 is 15.1 Å². The maximum atomic E-state index is 11.9. The van der Waals surface area contributed by atoms with Crippen LogP contribution in [0.4, 0.5) is 0 Å². The maximum absolute atomic E-state index is 11.9. The zero-order valence-corrected chi connectivity index (χ0v) is 9.30. The van der Waals surface area contributed by atoms with Crippen LogP contribution in [0, 0.1) is 17.8 Å². The molecule has 1 saturated carbocycles. The minimum atomic E-state index is -0.885. The van der Waals surface area contributed by atoms with Gasteiger partial charge in [0.25, 0.3) is 0 Å². The van der Waals surface area contributed by atoms with Gasteiger partial charge in [0.15, 0.2) is 0 Å². The Kier molecular flexibility index (Phi) is 2.88. The van der Waals surface area contributed by atoms with E-state index in [0.717, 1.165) is 6.42 Å². The maximum Gasteiger partial charge on any atom is 0.307 e. The number of hydrogen-bond acceptors (Lipinski definition) is 3. The molecule has 2 fully saturated rings. The number of hydrogen-bond donors (Lipinski definition) is 2. The third-order valence-corrected chi connectivity index (χ3v) is 3.66. The number of carboxylic acids is 1. The van der Waals surface area contributed by atoms with Crippen LogP contribution in [-0.4, -0.2) is 46.2 Å². The van der Waals surface area contributed by atoms with Crippen LogP contribution < -0.4 is 0 Å². The Labute approximate surface area is 94.0 Å². The van der Waals surface area contributed by atoms with Gasteiger partial charge in [0.2, 0.25) is 5.91 Å². The molecule has 1 saturated heterocycles. The molecule has 2 unspecified atom stereocenters. The van der Waals surface area contributed by atoms with E-state index in [9.17, 15) is 14.7 Å². The number of carboxylic acid groups (broad SMARTS) is 1. The Balaban J connectivity index is 1.90. The number of aliphatic carboxylic acids is 1. The van der Waals surface area contributed by atoms with Crippen LogP contribution in [0.5, 0.6) is 0 Å². The molecule has 4 atom stereocenters. The van der Waals surface area contributed by atoms with E-state index in [1.165, 1.54) is 0 Å². The summed E-state index contributed by atoms with van der Waals surface area (Å²) in [6.07, 6.45) is 0.771. The van der Waals surface area contributed by atoms with Gasteiger partial charge in [-0.25, -0.2) is 0 Å². The van der Waals surface area contributed by atoms with Gasteiger partial charge in [-0.1, -0.05) is 6.92 Å². The molecule has 90 valence electrons. The van der Waals surface area contributed by atoms with Gasteiger partial charge in [0.1, 0.15) is 0 Å². The van der Waals surface area contributed by atoms with Gasteiger partial charge in [0.05, 0.1) is 17.9 Å². The normalized spacial score (nSPS) is 38.2. The van der Waals surface area contributed by atoms with Crippen LogP contribution in [0.3, 0.4) is 0 Å². The van der Waals surface area contributed by atoms with Crippen molar-refractivity contribution in [3.8, 4) is 0 Å². The fourth-order valence-corrected chi connectivity index (χ4v) is 2.22. The van der Waals surface area contributed by atoms with E-state index >= 15 is 0 Å². The van der Waals surface area contributed by atoms with Crippen LogP contribution in [0.15, 0.2) is 0 Å². The first kappa shape index (κ1) is 11.4. The number of β-amino-alcohol motifs (C(OH)–C–C–N with tert-alkyl or cyclic N) is 1. The fraction of sp³-hybridized carbons (Fsp3) is 0.818. The summed E-state index contributed by atoms with van der Waals surface area (Å²) >= 11 is 0. The van der Waals surface area contributed by atoms with Crippen molar-refractivity contribution in [1.82, 2.24) is 4.90 Å². The zero-order valence-electron chi connectivity index (χ0n) is 9.30. The lowest BCUT2D eigenvalue weighted by Gasteiger charge is -2.34. The van der Waals surface area contributed by atoms with Crippen molar-refractivity contribution in [2.45, 2.75) is 25.9 Å². The topological polar surface area (TPSA) is 77.8 Å². The van der Waals surface area contributed by atoms with Crippen molar-refractivity contribution in [2.75, 3.05) is 13.1 Å². The van der Waals surface area contributed by atoms with E-state index in [1.54, 1.807) is 4.90 Å². The molecule has 0 aromatic heterocycles. The third-order valence-electron chi connectivity index (χ3n) is 3.66. The summed E-state index contributed by atoms with van der Waals surface area (Å²) in [4.78, 5) is 24.1. The number of amides is 1. The predicted octanol–water partition coefficient (Wildman–Crippen LogP) is -0.0636. The van der Waals surface area contributed by atoms with E-state index in [-0.39, 0.29) is 17.7 Å². The fourth-order valence-electron chi connectivity index (χ4n) is 2.22. The second-order valence-electron chi connectivity index (χ2n) is 4.90. The molecule has 0 spiro atoms. The van der Waals surface area contributed by atoms with E-state index in [1.807, 2.05) is 6.92 Å². The molecule has 2 aliphatic rings. The molecule has 0 radical (unpaired) electrons. The van der Waals surface area contributed by atoms with Gasteiger partial charge in [-0.3, -0.25) is 9.59 Å². The van der Waals surface area contributed by atoms with Crippen molar-refractivity contribution in [2.24, 2.45) is 17.8 Å². The second-order valence-corrected chi connectivity index (χ2v) is 4.90. The number of nitrogens with zero attached hydrogens (tertiary/aromatic N) is 1. The standard InChI is InChI=1S/C11H17NO4/c1-6-2-3-12(5-9(6)13)10(14)7-4-8(7)11(15)16/h6-9,13H,2-5H2,1H3,(H,15,16)/t6?,7-,8+,9?/m1/s1. The van der Waals surface area contributed by atoms with E-state index in [4.69, 9.17) is 5.11 Å². The number of aliphatic hydroxyl groups is 1. The smallest absolute Gasteiger partial charge is 0.307 e. The molecule has 2 N–H and O–H groups in total. The molecule has 0 aromatic carbocycles. The molecule has 1 aliphatic carbocycles. The number of carbonyl (C=O) groups is 2. The number of likely N-dealkylation sites (tertiary alicyclic amines) is 1. The number of rotatable bonds is 2. The van der Waals surface area contributed by atoms with E-state index in [2.05, 4.69) is 0 Å². The van der Waals surface area contributed by atoms with Crippen molar-refractivity contribution in [3.05, 3.63) is 0 Å². The monoisotopic (exact) mass is 227 g/mol. The molecule has 0 bridgehead atoms. The number of aliphatic hydroxyl groups excluding tert-OH is 1. The van der Waals surface area contributed by atoms with Crippen molar-refractivity contribution >= 4 is 11.9 Å². The molecular formula is C11H17NO4. The van der Waals surface area contributed by atoms with Gasteiger partial charge in [0, 0.05) is 13.1 Å². The highest BCUT2D eigenvalue weighted by Crippen LogP contribution is 2.40. The van der Waals surface area contributed by atoms with Crippen molar-refractivity contribution in [1.29, 1.82) is 0 Å². The number of carbonyl (C=O) groups excluding carboxylic acids is 1. The van der Waals surface area contributed by atoms with E-state index in [0.29, 0.717) is 19.5 Å². The summed E-state index contributed by atoms with van der Waals surface area (Å²) in [6.45, 7) is 2.95. The Morgan fingerprint density at radius 3 is 2.50 bits per heavy atom. The molecule has 1 aliphatic heterocycles. The average Bonchev–Trinajstić information content (AvgIpc) is 3.01. The van der Waals surface area contributed by atoms with Crippen molar-refractivity contribution < 1.29 is 19.8 Å². The van der Waals surface area contributed by atoms with Crippen LogP contribution in [0.2, 0.25) is 0 Å². The van der Waals surface area contributed by atoms with E-state index < -0.39 is 18.0 Å². The first-order chi connectivity index (χ1) is 7.50. The van der Waals surface area contributed by atoms with Gasteiger partial charge in [-0.05, 0) is 18.8 Å². The molecule has 16 heavy (non-hydrogen) atoms. The Morgan fingerprint density at radius 1 is 1.31 bits per heavy atom. The highest BCUT2D eigenvalue weighted by molar-refractivity contribution is 5.89. The highest BCUT2D eigenvalue weighted by Gasteiger charge is 2.50. The molecule has 1 heterocycles. The molecule has 1 amide bonds. The quantitative estimate of drug-likeness (QED) is 0.692. The lowest BCUT2D eigenvalue weighted by Crippen LogP contribution is -2.46. The largest absolute Gasteiger partial charge is 0.481 e. The summed E-state index contributed by atoms with van der Waals surface area (Å²) in [5, 5.41) is 18.4. The van der Waals surface area contributed by atoms with Gasteiger partial charge in [-0.15, -0.1) is 0 Å². The summed E-state index contributed by atoms with van der Waals surface area (Å²) in [7, 11) is 0. The minimum absolute atomic E-state index is 0.0987. The summed E-state index contributed by atoms with van der Waals surface area (Å²) in [6, 6.07) is 0. The predicted molar refractivity (Wildman–Crippen MR) is 55.6 cm³/mol. The minimum Gasteiger partial charge on any atom is -0.481 e. The Hall–Kier alpha value is -1.10. The summed E-state index contributed by atoms with van der Waals surface area (Å²) in [5.41, 5.74) is 0. The van der Waals surface area contributed by atoms with Crippen LogP contribution in [-0.2, 0) is 9.59 Å². The summed E-state index contributed by atoms with van der Waals surface area (Å²) in [5.74, 6) is -1.61. The average molecular weight is 227 g/mol. The first-order valence-corrected chi connectivity index (χ1v) is 5.70. The highest BCUT2D eigenvalue weighted by atomic mass is 16.4. The molecule has 2 rings (SSSR count). The summed E-state index contributed by atoms with van der Waals surface area (Å²) < 4.78 is 0. The van der Waals surface area contributed by atoms with Crippen LogP contribution >= 0.6 is 0 Å². The SMILES string of the molecule is CC1CCN(C(=O)[C@@H]2C[C@@H]2C(=O)O)CC1O. The first-order valence-electron chi connectivity index (χ1n) is 5.70. The third kappa shape index (κ3) is 2.04. The molecule has 5 nitrogen and oxygen atoms in total. The van der Waals surface area contributed by atoms with Gasteiger partial charge >= 0.3 is 5.97 Å². The van der Waals surface area contributed by atoms with Crippen LogP contribution in [0.1, 0.15) is 19.8 Å². The zero-order chi connectivity index (χ0) is 11.9. The lowest BCUT2D eigenvalue weighted by molar-refractivity contribution is -0.143.